The summed E-state index contributed by atoms with van der Waals surface area (Å²) in [6.07, 6.45) is 5.91. The molecule has 2 atom stereocenters. The number of nitrogens with one attached hydrogen (secondary N) is 2. The summed E-state index contributed by atoms with van der Waals surface area (Å²) in [7, 11) is 0. The van der Waals surface area contributed by atoms with Gasteiger partial charge in [0.05, 0.1) is 19.1 Å². The van der Waals surface area contributed by atoms with Gasteiger partial charge in [0.1, 0.15) is 0 Å². The summed E-state index contributed by atoms with van der Waals surface area (Å²) < 4.78 is 4.91. The highest BCUT2D eigenvalue weighted by molar-refractivity contribution is 5.82. The molecular weight excluding hydrogens is 430 g/mol. The molecule has 1 aliphatic rings. The molecule has 7 nitrogen and oxygen atoms in total. The highest BCUT2D eigenvalue weighted by Crippen LogP contribution is 2.19. The third-order valence-electron chi connectivity index (χ3n) is 6.14. The first-order chi connectivity index (χ1) is 16.4. The Morgan fingerprint density at radius 2 is 1.88 bits per heavy atom. The van der Waals surface area contributed by atoms with Crippen molar-refractivity contribution in [2.24, 2.45) is 5.92 Å². The molecule has 34 heavy (non-hydrogen) atoms. The van der Waals surface area contributed by atoms with Crippen molar-refractivity contribution < 1.29 is 19.1 Å². The van der Waals surface area contributed by atoms with Gasteiger partial charge in [0.2, 0.25) is 11.8 Å². The number of unbranched alkanes of at least 4 members (excludes halogenated alkanes) is 1. The van der Waals surface area contributed by atoms with E-state index >= 15 is 0 Å². The van der Waals surface area contributed by atoms with Crippen LogP contribution in [0.15, 0.2) is 30.3 Å². The number of esters is 1. The fourth-order valence-electron chi connectivity index (χ4n) is 4.55. The van der Waals surface area contributed by atoms with Gasteiger partial charge in [0.25, 0.3) is 0 Å². The van der Waals surface area contributed by atoms with Crippen LogP contribution < -0.4 is 10.6 Å². The number of carbonyl (C=O) groups excluding carboxylic acids is 3. The Bertz CT molecular complexity index is 754. The van der Waals surface area contributed by atoms with E-state index in [1.807, 2.05) is 6.07 Å². The third-order valence-corrected chi connectivity index (χ3v) is 6.14. The van der Waals surface area contributed by atoms with Crippen LogP contribution in [0.2, 0.25) is 0 Å². The van der Waals surface area contributed by atoms with E-state index in [-0.39, 0.29) is 42.7 Å². The molecule has 0 aliphatic carbocycles. The largest absolute Gasteiger partial charge is 0.466 e. The monoisotopic (exact) mass is 473 g/mol. The van der Waals surface area contributed by atoms with E-state index in [1.54, 1.807) is 6.92 Å². The highest BCUT2D eigenvalue weighted by Gasteiger charge is 2.32. The minimum Gasteiger partial charge on any atom is -0.466 e. The standard InChI is InChI=1S/C27H43N3O4/c1-4-34-26(32)16-15-25(31)29-23(19-21(2)3)20-30-18-10-14-24(30)27(33)28-17-9-8-13-22-11-6-5-7-12-22/h5-7,11-12,21,23-24H,4,8-10,13-20H2,1-3H3,(H,28,33)(H,29,31)/t23?,24-/m0/s1. The molecule has 1 aromatic carbocycles. The van der Waals surface area contributed by atoms with Crippen molar-refractivity contribution in [3.8, 4) is 0 Å². The first kappa shape index (κ1) is 27.8. The predicted octanol–water partition coefficient (Wildman–Crippen LogP) is 3.46. The minimum atomic E-state index is -0.349. The van der Waals surface area contributed by atoms with Crippen LogP contribution in [0.3, 0.4) is 0 Å². The molecule has 1 heterocycles. The van der Waals surface area contributed by atoms with Gasteiger partial charge in [-0.05, 0) is 63.5 Å². The normalized spacial score (nSPS) is 16.9. The van der Waals surface area contributed by atoms with Crippen molar-refractivity contribution in [3.05, 3.63) is 35.9 Å². The lowest BCUT2D eigenvalue weighted by Gasteiger charge is -2.30. The summed E-state index contributed by atoms with van der Waals surface area (Å²) in [5.41, 5.74) is 1.33. The fraction of sp³-hybridized carbons (Fsp3) is 0.667. The third kappa shape index (κ3) is 10.7. The van der Waals surface area contributed by atoms with Crippen LogP contribution in [0.4, 0.5) is 0 Å². The van der Waals surface area contributed by atoms with Gasteiger partial charge in [-0.25, -0.2) is 0 Å². The van der Waals surface area contributed by atoms with Crippen LogP contribution in [0, 0.1) is 5.92 Å². The molecule has 0 spiro atoms. The number of likely N-dealkylation sites (tertiary alicyclic amines) is 1. The molecule has 1 fully saturated rings. The molecule has 0 bridgehead atoms. The molecule has 2 N–H and O–H groups in total. The Balaban J connectivity index is 1.77. The zero-order valence-electron chi connectivity index (χ0n) is 21.2. The van der Waals surface area contributed by atoms with Gasteiger partial charge in [0, 0.05) is 25.6 Å². The van der Waals surface area contributed by atoms with Gasteiger partial charge in [0.15, 0.2) is 0 Å². The van der Waals surface area contributed by atoms with Crippen molar-refractivity contribution in [3.63, 3.8) is 0 Å². The second kappa shape index (κ2) is 15.5. The van der Waals surface area contributed by atoms with Gasteiger partial charge in [-0.3, -0.25) is 19.3 Å². The molecule has 0 aromatic heterocycles. The zero-order chi connectivity index (χ0) is 24.8. The van der Waals surface area contributed by atoms with Crippen molar-refractivity contribution in [2.45, 2.75) is 84.2 Å². The van der Waals surface area contributed by atoms with E-state index in [9.17, 15) is 14.4 Å². The number of nitrogens with zero attached hydrogens (tertiary/aromatic N) is 1. The van der Waals surface area contributed by atoms with Crippen molar-refractivity contribution in [1.82, 2.24) is 15.5 Å². The fourth-order valence-corrected chi connectivity index (χ4v) is 4.55. The molecule has 2 rings (SSSR count). The van der Waals surface area contributed by atoms with E-state index in [1.165, 1.54) is 5.56 Å². The van der Waals surface area contributed by atoms with E-state index in [0.717, 1.165) is 45.1 Å². The van der Waals surface area contributed by atoms with Gasteiger partial charge in [-0.15, -0.1) is 0 Å². The van der Waals surface area contributed by atoms with Crippen LogP contribution >= 0.6 is 0 Å². The molecule has 0 saturated carbocycles. The molecule has 1 unspecified atom stereocenters. The van der Waals surface area contributed by atoms with E-state index in [2.05, 4.69) is 53.6 Å². The maximum atomic E-state index is 12.9. The second-order valence-electron chi connectivity index (χ2n) is 9.59. The number of amides is 2. The van der Waals surface area contributed by atoms with Crippen molar-refractivity contribution in [1.29, 1.82) is 0 Å². The Morgan fingerprint density at radius 1 is 1.12 bits per heavy atom. The van der Waals surface area contributed by atoms with E-state index < -0.39 is 0 Å². The van der Waals surface area contributed by atoms with Crippen molar-refractivity contribution >= 4 is 17.8 Å². The van der Waals surface area contributed by atoms with E-state index in [0.29, 0.717) is 25.6 Å². The summed E-state index contributed by atoms with van der Waals surface area (Å²) in [6.45, 7) is 8.53. The lowest BCUT2D eigenvalue weighted by atomic mass is 10.0. The molecular formula is C27H43N3O4. The Labute approximate surface area is 205 Å². The molecule has 1 aromatic rings. The number of carbonyl (C=O) groups is 3. The zero-order valence-corrected chi connectivity index (χ0v) is 21.2. The number of hydrogen-bond acceptors (Lipinski definition) is 5. The Morgan fingerprint density at radius 3 is 2.59 bits per heavy atom. The average molecular weight is 474 g/mol. The summed E-state index contributed by atoms with van der Waals surface area (Å²) >= 11 is 0. The van der Waals surface area contributed by atoms with E-state index in [4.69, 9.17) is 4.74 Å². The number of rotatable bonds is 15. The summed E-state index contributed by atoms with van der Waals surface area (Å²) in [5, 5.41) is 6.21. The molecule has 1 aliphatic heterocycles. The summed E-state index contributed by atoms with van der Waals surface area (Å²) in [4.78, 5) is 39.0. The maximum Gasteiger partial charge on any atom is 0.306 e. The van der Waals surface area contributed by atoms with Crippen molar-refractivity contribution in [2.75, 3.05) is 26.2 Å². The lowest BCUT2D eigenvalue weighted by molar-refractivity contribution is -0.144. The van der Waals surface area contributed by atoms with Gasteiger partial charge >= 0.3 is 5.97 Å². The highest BCUT2D eigenvalue weighted by atomic mass is 16.5. The second-order valence-corrected chi connectivity index (χ2v) is 9.59. The lowest BCUT2D eigenvalue weighted by Crippen LogP contribution is -2.50. The topological polar surface area (TPSA) is 87.7 Å². The number of ether oxygens (including phenoxy) is 1. The van der Waals surface area contributed by atoms with Gasteiger partial charge < -0.3 is 15.4 Å². The molecule has 7 heteroatoms. The van der Waals surface area contributed by atoms with Gasteiger partial charge in [-0.2, -0.15) is 0 Å². The maximum absolute atomic E-state index is 12.9. The number of benzene rings is 1. The first-order valence-corrected chi connectivity index (χ1v) is 12.9. The SMILES string of the molecule is CCOC(=O)CCC(=O)NC(CC(C)C)CN1CCC[C@H]1C(=O)NCCCCc1ccccc1. The molecule has 1 saturated heterocycles. The van der Waals surface area contributed by atoms with Gasteiger partial charge in [-0.1, -0.05) is 44.2 Å². The molecule has 0 radical (unpaired) electrons. The van der Waals surface area contributed by atoms with Crippen LogP contribution in [0.1, 0.15) is 71.3 Å². The number of hydrogen-bond donors (Lipinski definition) is 2. The average Bonchev–Trinajstić information content (AvgIpc) is 3.26. The molecule has 190 valence electrons. The van der Waals surface area contributed by atoms with Crippen LogP contribution in [0.25, 0.3) is 0 Å². The number of aryl methyl sites for hydroxylation is 1. The summed E-state index contributed by atoms with van der Waals surface area (Å²) in [5.74, 6) is 0.0134. The van der Waals surface area contributed by atoms with Crippen LogP contribution in [-0.2, 0) is 25.5 Å². The minimum absolute atomic E-state index is 0.0473. The van der Waals surface area contributed by atoms with Crippen LogP contribution in [0.5, 0.6) is 0 Å². The smallest absolute Gasteiger partial charge is 0.306 e. The van der Waals surface area contributed by atoms with Crippen LogP contribution in [-0.4, -0.2) is 61.0 Å². The first-order valence-electron chi connectivity index (χ1n) is 12.9. The summed E-state index contributed by atoms with van der Waals surface area (Å²) in [6, 6.07) is 10.2. The quantitative estimate of drug-likeness (QED) is 0.301. The predicted molar refractivity (Wildman–Crippen MR) is 134 cm³/mol. The Kier molecular flexibility index (Phi) is 12.7. The molecule has 2 amide bonds. The Hall–Kier alpha value is -2.41.